The third kappa shape index (κ3) is 3.78. The molecular weight excluding hydrogens is 399 g/mol. The molecule has 0 aliphatic carbocycles. The standard InChI is InChI=1S/C17H17F5N6O/c1-4-27-6-5-11(25-27)10(3)24-15(29)12-8-14-23-9(2)7-13(28(14)26-12)16(18,19)17(20,21)22/h5-8,10H,4H2,1-3H3,(H,24,29). The van der Waals surface area contributed by atoms with E-state index in [4.69, 9.17) is 0 Å². The fourth-order valence-electron chi connectivity index (χ4n) is 2.71. The van der Waals surface area contributed by atoms with Gasteiger partial charge in [-0.25, -0.2) is 9.50 Å². The first kappa shape index (κ1) is 20.7. The third-order valence-electron chi connectivity index (χ3n) is 4.24. The molecule has 1 atom stereocenters. The Labute approximate surface area is 161 Å². The Kier molecular flexibility index (Phi) is 5.05. The van der Waals surface area contributed by atoms with Crippen molar-refractivity contribution in [3.63, 3.8) is 0 Å². The molecule has 0 saturated carbocycles. The Morgan fingerprint density at radius 2 is 1.90 bits per heavy atom. The predicted molar refractivity (Wildman–Crippen MR) is 91.5 cm³/mol. The molecule has 0 fully saturated rings. The topological polar surface area (TPSA) is 77.1 Å². The molecule has 3 aromatic heterocycles. The molecule has 156 valence electrons. The van der Waals surface area contributed by atoms with Gasteiger partial charge in [0.2, 0.25) is 0 Å². The van der Waals surface area contributed by atoms with Gasteiger partial charge < -0.3 is 5.32 Å². The average Bonchev–Trinajstić information content (AvgIpc) is 3.26. The highest BCUT2D eigenvalue weighted by molar-refractivity contribution is 5.93. The van der Waals surface area contributed by atoms with Gasteiger partial charge >= 0.3 is 12.1 Å². The molecular formula is C17H17F5N6O. The Hall–Kier alpha value is -3.05. The smallest absolute Gasteiger partial charge is 0.342 e. The second-order valence-electron chi connectivity index (χ2n) is 6.45. The molecule has 0 saturated heterocycles. The van der Waals surface area contributed by atoms with Gasteiger partial charge in [0.05, 0.1) is 11.7 Å². The first-order chi connectivity index (χ1) is 13.4. The molecule has 3 aromatic rings. The normalized spacial score (nSPS) is 13.7. The molecule has 0 spiro atoms. The number of nitrogens with one attached hydrogen (secondary N) is 1. The Bertz CT molecular complexity index is 1050. The van der Waals surface area contributed by atoms with Crippen LogP contribution in [0, 0.1) is 6.92 Å². The summed E-state index contributed by atoms with van der Waals surface area (Å²) >= 11 is 0. The largest absolute Gasteiger partial charge is 0.459 e. The molecule has 3 heterocycles. The van der Waals surface area contributed by atoms with Gasteiger partial charge in [0.1, 0.15) is 5.69 Å². The lowest BCUT2D eigenvalue weighted by Crippen LogP contribution is -2.36. The average molecular weight is 416 g/mol. The molecule has 1 amide bonds. The van der Waals surface area contributed by atoms with E-state index in [-0.39, 0.29) is 17.0 Å². The molecule has 0 aromatic carbocycles. The highest BCUT2D eigenvalue weighted by atomic mass is 19.4. The zero-order valence-corrected chi connectivity index (χ0v) is 15.6. The lowest BCUT2D eigenvalue weighted by molar-refractivity contribution is -0.291. The number of alkyl halides is 5. The zero-order valence-electron chi connectivity index (χ0n) is 15.6. The summed E-state index contributed by atoms with van der Waals surface area (Å²) in [5.74, 6) is -5.92. The van der Waals surface area contributed by atoms with Crippen LogP contribution in [0.4, 0.5) is 22.0 Å². The summed E-state index contributed by atoms with van der Waals surface area (Å²) in [6.45, 7) is 5.45. The lowest BCUT2D eigenvalue weighted by atomic mass is 10.2. The number of rotatable bonds is 5. The molecule has 7 nitrogen and oxygen atoms in total. The van der Waals surface area contributed by atoms with Gasteiger partial charge in [0, 0.05) is 24.5 Å². The number of halogens is 5. The number of aryl methyl sites for hydroxylation is 2. The van der Waals surface area contributed by atoms with E-state index in [1.54, 1.807) is 23.9 Å². The van der Waals surface area contributed by atoms with Crippen LogP contribution < -0.4 is 5.32 Å². The zero-order chi connectivity index (χ0) is 21.6. The van der Waals surface area contributed by atoms with Gasteiger partial charge in [-0.15, -0.1) is 0 Å². The van der Waals surface area contributed by atoms with Gasteiger partial charge in [0.15, 0.2) is 11.3 Å². The van der Waals surface area contributed by atoms with Crippen molar-refractivity contribution in [2.24, 2.45) is 0 Å². The highest BCUT2D eigenvalue weighted by Gasteiger charge is 2.60. The van der Waals surface area contributed by atoms with Crippen LogP contribution in [0.2, 0.25) is 0 Å². The number of nitrogens with zero attached hydrogens (tertiary/aromatic N) is 5. The molecule has 12 heteroatoms. The molecule has 3 rings (SSSR count). The summed E-state index contributed by atoms with van der Waals surface area (Å²) in [4.78, 5) is 16.3. The summed E-state index contributed by atoms with van der Waals surface area (Å²) in [6, 6.07) is 2.81. The van der Waals surface area contributed by atoms with Gasteiger partial charge in [-0.1, -0.05) is 0 Å². The van der Waals surface area contributed by atoms with E-state index in [0.29, 0.717) is 22.8 Å². The van der Waals surface area contributed by atoms with E-state index in [1.807, 2.05) is 6.92 Å². The van der Waals surface area contributed by atoms with Gasteiger partial charge in [-0.3, -0.25) is 9.48 Å². The molecule has 0 bridgehead atoms. The van der Waals surface area contributed by atoms with Crippen LogP contribution >= 0.6 is 0 Å². The summed E-state index contributed by atoms with van der Waals surface area (Å²) in [5, 5.41) is 10.5. The SMILES string of the molecule is CCn1ccc(C(C)NC(=O)c2cc3nc(C)cc(C(F)(F)C(F)(F)F)n3n2)n1. The van der Waals surface area contributed by atoms with E-state index < -0.39 is 29.7 Å². The predicted octanol–water partition coefficient (Wildman–Crippen LogP) is 3.40. The highest BCUT2D eigenvalue weighted by Crippen LogP contribution is 2.43. The van der Waals surface area contributed by atoms with Gasteiger partial charge in [0.25, 0.3) is 5.91 Å². The Morgan fingerprint density at radius 1 is 1.21 bits per heavy atom. The molecule has 0 radical (unpaired) electrons. The summed E-state index contributed by atoms with van der Waals surface area (Å²) in [6.07, 6.45) is -4.10. The number of carbonyl (C=O) groups excluding carboxylic acids is 1. The maximum absolute atomic E-state index is 13.9. The van der Waals surface area contributed by atoms with Crippen LogP contribution in [0.3, 0.4) is 0 Å². The molecule has 29 heavy (non-hydrogen) atoms. The van der Waals surface area contributed by atoms with E-state index in [0.717, 1.165) is 6.07 Å². The van der Waals surface area contributed by atoms with E-state index >= 15 is 0 Å². The summed E-state index contributed by atoms with van der Waals surface area (Å²) < 4.78 is 68.4. The number of fused-ring (bicyclic) bond motifs is 1. The second-order valence-corrected chi connectivity index (χ2v) is 6.45. The van der Waals surface area contributed by atoms with Crippen LogP contribution in [-0.2, 0) is 12.5 Å². The first-order valence-corrected chi connectivity index (χ1v) is 8.60. The van der Waals surface area contributed by atoms with Crippen molar-refractivity contribution < 1.29 is 26.7 Å². The van der Waals surface area contributed by atoms with Crippen LogP contribution in [0.25, 0.3) is 5.65 Å². The van der Waals surface area contributed by atoms with Crippen molar-refractivity contribution in [1.82, 2.24) is 29.7 Å². The Morgan fingerprint density at radius 3 is 2.48 bits per heavy atom. The maximum Gasteiger partial charge on any atom is 0.459 e. The summed E-state index contributed by atoms with van der Waals surface area (Å²) in [7, 11) is 0. The third-order valence-corrected chi connectivity index (χ3v) is 4.24. The van der Waals surface area contributed by atoms with Crippen molar-refractivity contribution in [1.29, 1.82) is 0 Å². The van der Waals surface area contributed by atoms with Crippen LogP contribution in [0.5, 0.6) is 0 Å². The number of hydrogen-bond acceptors (Lipinski definition) is 4. The number of hydrogen-bond donors (Lipinski definition) is 1. The lowest BCUT2D eigenvalue weighted by Gasteiger charge is -2.20. The quantitative estimate of drug-likeness (QED) is 0.647. The van der Waals surface area contributed by atoms with E-state index in [2.05, 4.69) is 20.5 Å². The molecule has 0 aliphatic rings. The maximum atomic E-state index is 13.9. The van der Waals surface area contributed by atoms with Crippen LogP contribution in [0.1, 0.15) is 47.5 Å². The van der Waals surface area contributed by atoms with Crippen molar-refractivity contribution in [3.8, 4) is 0 Å². The second kappa shape index (κ2) is 7.08. The van der Waals surface area contributed by atoms with Crippen molar-refractivity contribution in [2.45, 2.75) is 45.5 Å². The monoisotopic (exact) mass is 416 g/mol. The van der Waals surface area contributed by atoms with Crippen LogP contribution in [-0.4, -0.2) is 36.5 Å². The number of carbonyl (C=O) groups is 1. The van der Waals surface area contributed by atoms with Gasteiger partial charge in [-0.05, 0) is 32.9 Å². The molecule has 1 unspecified atom stereocenters. The minimum absolute atomic E-state index is 0.0678. The van der Waals surface area contributed by atoms with E-state index in [1.165, 1.54) is 6.92 Å². The van der Waals surface area contributed by atoms with Crippen molar-refractivity contribution >= 4 is 11.6 Å². The minimum atomic E-state index is -5.82. The number of amides is 1. The fraction of sp³-hybridized carbons (Fsp3) is 0.412. The first-order valence-electron chi connectivity index (χ1n) is 8.60. The van der Waals surface area contributed by atoms with Crippen molar-refractivity contribution in [3.05, 3.63) is 47.2 Å². The fourth-order valence-corrected chi connectivity index (χ4v) is 2.71. The Balaban J connectivity index is 1.95. The summed E-state index contributed by atoms with van der Waals surface area (Å²) in [5.41, 5.74) is -1.56. The van der Waals surface area contributed by atoms with Crippen LogP contribution in [0.15, 0.2) is 24.4 Å². The number of aromatic nitrogens is 5. The molecule has 0 aliphatic heterocycles. The van der Waals surface area contributed by atoms with Crippen molar-refractivity contribution in [2.75, 3.05) is 0 Å². The molecule has 1 N–H and O–H groups in total. The van der Waals surface area contributed by atoms with Gasteiger partial charge in [-0.2, -0.15) is 32.1 Å². The minimum Gasteiger partial charge on any atom is -0.342 e. The van der Waals surface area contributed by atoms with E-state index in [9.17, 15) is 26.7 Å².